The largest absolute Gasteiger partial charge is 0.439 e. The fraction of sp³-hybridized carbons (Fsp3) is 0.381. The molecule has 28 heavy (non-hydrogen) atoms. The van der Waals surface area contributed by atoms with Gasteiger partial charge < -0.3 is 15.0 Å². The molecule has 2 amide bonds. The summed E-state index contributed by atoms with van der Waals surface area (Å²) in [5.41, 5.74) is 0.680. The minimum Gasteiger partial charge on any atom is -0.439 e. The van der Waals surface area contributed by atoms with Crippen molar-refractivity contribution < 1.29 is 18.7 Å². The lowest BCUT2D eigenvalue weighted by Crippen LogP contribution is -2.30. The number of carbonyl (C=O) groups excluding carboxylic acids is 2. The standard InChI is InChI=1S/C21H26FN3O3/c1-3-25(4-2)20(27)12-6-11-19(26)24-15-16-8-7-13-23-21(16)28-18-10-5-9-17(22)14-18/h5,7-10,13-14H,3-4,6,11-12,15H2,1-2H3,(H,24,26). The van der Waals surface area contributed by atoms with E-state index >= 15 is 0 Å². The van der Waals surface area contributed by atoms with E-state index in [0.717, 1.165) is 0 Å². The third-order valence-electron chi connectivity index (χ3n) is 4.25. The first-order valence-electron chi connectivity index (χ1n) is 9.45. The van der Waals surface area contributed by atoms with Gasteiger partial charge in [-0.1, -0.05) is 12.1 Å². The first-order chi connectivity index (χ1) is 13.5. The Hall–Kier alpha value is -2.96. The van der Waals surface area contributed by atoms with Gasteiger partial charge in [-0.15, -0.1) is 0 Å². The molecule has 1 aromatic heterocycles. The van der Waals surface area contributed by atoms with Crippen LogP contribution >= 0.6 is 0 Å². The number of benzene rings is 1. The van der Waals surface area contributed by atoms with Crippen LogP contribution in [0, 0.1) is 5.82 Å². The molecule has 7 heteroatoms. The lowest BCUT2D eigenvalue weighted by Gasteiger charge is -2.18. The van der Waals surface area contributed by atoms with Gasteiger partial charge in [0, 0.05) is 50.3 Å². The Morgan fingerprint density at radius 2 is 1.93 bits per heavy atom. The lowest BCUT2D eigenvalue weighted by atomic mass is 10.2. The molecule has 0 saturated heterocycles. The number of hydrogen-bond donors (Lipinski definition) is 1. The van der Waals surface area contributed by atoms with Gasteiger partial charge in [-0.3, -0.25) is 9.59 Å². The molecule has 150 valence electrons. The van der Waals surface area contributed by atoms with Crippen molar-refractivity contribution in [3.05, 3.63) is 54.0 Å². The first kappa shape index (κ1) is 21.3. The van der Waals surface area contributed by atoms with Crippen molar-refractivity contribution in [1.82, 2.24) is 15.2 Å². The molecule has 2 rings (SSSR count). The maximum atomic E-state index is 13.3. The summed E-state index contributed by atoms with van der Waals surface area (Å²) in [6.45, 7) is 5.46. The molecule has 0 fully saturated rings. The number of nitrogens with zero attached hydrogens (tertiary/aromatic N) is 2. The van der Waals surface area contributed by atoms with Crippen LogP contribution in [0.1, 0.15) is 38.7 Å². The number of hydrogen-bond acceptors (Lipinski definition) is 4. The van der Waals surface area contributed by atoms with E-state index in [9.17, 15) is 14.0 Å². The second-order valence-electron chi connectivity index (χ2n) is 6.22. The van der Waals surface area contributed by atoms with Crippen LogP contribution in [0.2, 0.25) is 0 Å². The maximum absolute atomic E-state index is 13.3. The molecular formula is C21H26FN3O3. The van der Waals surface area contributed by atoms with E-state index in [-0.39, 0.29) is 24.8 Å². The van der Waals surface area contributed by atoms with Crippen LogP contribution < -0.4 is 10.1 Å². The molecule has 0 aliphatic heterocycles. The summed E-state index contributed by atoms with van der Waals surface area (Å²) in [5.74, 6) is 0.164. The van der Waals surface area contributed by atoms with Crippen molar-refractivity contribution in [3.63, 3.8) is 0 Å². The minimum absolute atomic E-state index is 0.0656. The average molecular weight is 387 g/mol. The molecule has 0 saturated carbocycles. The van der Waals surface area contributed by atoms with Crippen molar-refractivity contribution in [2.45, 2.75) is 39.7 Å². The fourth-order valence-electron chi connectivity index (χ4n) is 2.71. The number of ether oxygens (including phenoxy) is 1. The summed E-state index contributed by atoms with van der Waals surface area (Å²) in [6, 6.07) is 9.30. The van der Waals surface area contributed by atoms with Crippen LogP contribution in [-0.2, 0) is 16.1 Å². The zero-order valence-corrected chi connectivity index (χ0v) is 16.3. The van der Waals surface area contributed by atoms with Gasteiger partial charge in [0.1, 0.15) is 11.6 Å². The number of rotatable bonds is 10. The SMILES string of the molecule is CCN(CC)C(=O)CCCC(=O)NCc1cccnc1Oc1cccc(F)c1. The molecule has 0 aliphatic carbocycles. The highest BCUT2D eigenvalue weighted by molar-refractivity contribution is 5.79. The summed E-state index contributed by atoms with van der Waals surface area (Å²) < 4.78 is 18.9. The smallest absolute Gasteiger partial charge is 0.224 e. The first-order valence-corrected chi connectivity index (χ1v) is 9.45. The lowest BCUT2D eigenvalue weighted by molar-refractivity contribution is -0.131. The Labute approximate surface area is 164 Å². The molecule has 0 bridgehead atoms. The highest BCUT2D eigenvalue weighted by atomic mass is 19.1. The van der Waals surface area contributed by atoms with Crippen molar-refractivity contribution >= 4 is 11.8 Å². The summed E-state index contributed by atoms with van der Waals surface area (Å²) >= 11 is 0. The average Bonchev–Trinajstić information content (AvgIpc) is 2.68. The Kier molecular flexibility index (Phi) is 8.39. The van der Waals surface area contributed by atoms with E-state index in [0.29, 0.717) is 43.1 Å². The summed E-state index contributed by atoms with van der Waals surface area (Å²) in [7, 11) is 0. The van der Waals surface area contributed by atoms with Crippen LogP contribution in [0.15, 0.2) is 42.6 Å². The van der Waals surface area contributed by atoms with Crippen LogP contribution in [0.4, 0.5) is 4.39 Å². The highest BCUT2D eigenvalue weighted by Gasteiger charge is 2.12. The minimum atomic E-state index is -0.400. The molecule has 1 N–H and O–H groups in total. The fourth-order valence-corrected chi connectivity index (χ4v) is 2.71. The van der Waals surface area contributed by atoms with Crippen molar-refractivity contribution in [2.24, 2.45) is 0 Å². The number of halogens is 1. The molecule has 2 aromatic rings. The maximum Gasteiger partial charge on any atom is 0.224 e. The van der Waals surface area contributed by atoms with Crippen LogP contribution in [0.25, 0.3) is 0 Å². The Balaban J connectivity index is 1.84. The van der Waals surface area contributed by atoms with Gasteiger partial charge in [0.05, 0.1) is 0 Å². The Bertz CT molecular complexity index is 794. The summed E-state index contributed by atoms with van der Waals surface area (Å²) in [5, 5.41) is 2.81. The second-order valence-corrected chi connectivity index (χ2v) is 6.22. The number of pyridine rings is 1. The van der Waals surface area contributed by atoms with Gasteiger partial charge in [-0.25, -0.2) is 9.37 Å². The zero-order valence-electron chi connectivity index (χ0n) is 16.3. The van der Waals surface area contributed by atoms with Crippen LogP contribution in [0.3, 0.4) is 0 Å². The van der Waals surface area contributed by atoms with Gasteiger partial charge in [-0.05, 0) is 38.5 Å². The number of amides is 2. The summed E-state index contributed by atoms with van der Waals surface area (Å²) in [6.07, 6.45) is 2.70. The molecule has 0 spiro atoms. The van der Waals surface area contributed by atoms with E-state index in [2.05, 4.69) is 10.3 Å². The third-order valence-corrected chi connectivity index (χ3v) is 4.25. The van der Waals surface area contributed by atoms with E-state index < -0.39 is 5.82 Å². The normalized spacial score (nSPS) is 10.4. The van der Waals surface area contributed by atoms with E-state index in [1.807, 2.05) is 13.8 Å². The topological polar surface area (TPSA) is 71.5 Å². The molecule has 6 nitrogen and oxygen atoms in total. The zero-order chi connectivity index (χ0) is 20.4. The second kappa shape index (κ2) is 11.0. The van der Waals surface area contributed by atoms with E-state index in [1.165, 1.54) is 12.1 Å². The van der Waals surface area contributed by atoms with Crippen LogP contribution in [-0.4, -0.2) is 34.8 Å². The van der Waals surface area contributed by atoms with Gasteiger partial charge in [0.15, 0.2) is 0 Å². The van der Waals surface area contributed by atoms with Crippen molar-refractivity contribution in [2.75, 3.05) is 13.1 Å². The molecule has 1 heterocycles. The van der Waals surface area contributed by atoms with Gasteiger partial charge in [-0.2, -0.15) is 0 Å². The third kappa shape index (κ3) is 6.64. The quantitative estimate of drug-likeness (QED) is 0.675. The number of aromatic nitrogens is 1. The monoisotopic (exact) mass is 387 g/mol. The van der Waals surface area contributed by atoms with E-state index in [1.54, 1.807) is 35.4 Å². The predicted molar refractivity (Wildman–Crippen MR) is 104 cm³/mol. The highest BCUT2D eigenvalue weighted by Crippen LogP contribution is 2.23. The molecule has 0 aliphatic rings. The molecule has 1 aromatic carbocycles. The number of nitrogens with one attached hydrogen (secondary N) is 1. The molecule has 0 atom stereocenters. The van der Waals surface area contributed by atoms with Crippen LogP contribution in [0.5, 0.6) is 11.6 Å². The Morgan fingerprint density at radius 1 is 1.14 bits per heavy atom. The van der Waals surface area contributed by atoms with Crippen molar-refractivity contribution in [3.8, 4) is 11.6 Å². The predicted octanol–water partition coefficient (Wildman–Crippen LogP) is 3.67. The van der Waals surface area contributed by atoms with Gasteiger partial charge >= 0.3 is 0 Å². The molecule has 0 radical (unpaired) electrons. The molecule has 0 unspecified atom stereocenters. The Morgan fingerprint density at radius 3 is 2.64 bits per heavy atom. The van der Waals surface area contributed by atoms with Crippen molar-refractivity contribution in [1.29, 1.82) is 0 Å². The van der Waals surface area contributed by atoms with E-state index in [4.69, 9.17) is 4.74 Å². The van der Waals surface area contributed by atoms with Gasteiger partial charge in [0.25, 0.3) is 0 Å². The van der Waals surface area contributed by atoms with Gasteiger partial charge in [0.2, 0.25) is 17.7 Å². The molecular weight excluding hydrogens is 361 g/mol. The summed E-state index contributed by atoms with van der Waals surface area (Å²) in [4.78, 5) is 29.9. The number of carbonyl (C=O) groups is 2.